The topological polar surface area (TPSA) is 83.2 Å². The fourth-order valence-electron chi connectivity index (χ4n) is 3.03. The van der Waals surface area contributed by atoms with Crippen LogP contribution in [0.1, 0.15) is 32.1 Å². The summed E-state index contributed by atoms with van der Waals surface area (Å²) in [7, 11) is 0. The van der Waals surface area contributed by atoms with Gasteiger partial charge in [-0.25, -0.2) is 0 Å². The third-order valence-corrected chi connectivity index (χ3v) is 4.19. The van der Waals surface area contributed by atoms with Gasteiger partial charge in [0, 0.05) is 26.2 Å². The van der Waals surface area contributed by atoms with E-state index >= 15 is 0 Å². The van der Waals surface area contributed by atoms with Gasteiger partial charge in [-0.1, -0.05) is 6.42 Å². The summed E-state index contributed by atoms with van der Waals surface area (Å²) >= 11 is 0. The average molecular weight is 291 g/mol. The van der Waals surface area contributed by atoms with E-state index in [1.54, 1.807) is 0 Å². The molecule has 0 radical (unpaired) electrons. The van der Waals surface area contributed by atoms with Crippen LogP contribution in [0.3, 0.4) is 0 Å². The van der Waals surface area contributed by atoms with Gasteiger partial charge in [0.2, 0.25) is 17.8 Å². The minimum Gasteiger partial charge on any atom is -0.368 e. The smallest absolute Gasteiger partial charge is 0.231 e. The molecule has 1 aromatic heterocycles. The summed E-state index contributed by atoms with van der Waals surface area (Å²) in [5.74, 6) is 1.61. The Balaban J connectivity index is 1.54. The third-order valence-electron chi connectivity index (χ3n) is 4.19. The van der Waals surface area contributed by atoms with Gasteiger partial charge in [-0.15, -0.1) is 0 Å². The van der Waals surface area contributed by atoms with Crippen molar-refractivity contribution in [3.8, 4) is 0 Å². The summed E-state index contributed by atoms with van der Waals surface area (Å²) in [5.41, 5.74) is 5.80. The number of nitrogens with two attached hydrogens (primary N) is 1. The Kier molecular flexibility index (Phi) is 4.69. The second kappa shape index (κ2) is 6.89. The first-order valence-corrected chi connectivity index (χ1v) is 8.04. The van der Waals surface area contributed by atoms with Crippen molar-refractivity contribution in [3.63, 3.8) is 0 Å². The Hall–Kier alpha value is -1.63. The normalized spacial score (nSPS) is 19.9. The van der Waals surface area contributed by atoms with Gasteiger partial charge in [-0.2, -0.15) is 15.0 Å². The molecule has 0 bridgehead atoms. The Morgan fingerprint density at radius 3 is 2.38 bits per heavy atom. The van der Waals surface area contributed by atoms with Gasteiger partial charge < -0.3 is 20.9 Å². The zero-order chi connectivity index (χ0) is 14.5. The number of aromatic nitrogens is 3. The number of nitrogen functional groups attached to an aromatic ring is 1. The summed E-state index contributed by atoms with van der Waals surface area (Å²) < 4.78 is 0. The zero-order valence-corrected chi connectivity index (χ0v) is 12.6. The average Bonchev–Trinajstić information content (AvgIpc) is 3.02. The number of rotatable bonds is 5. The first-order valence-electron chi connectivity index (χ1n) is 8.04. The second-order valence-corrected chi connectivity index (χ2v) is 5.84. The van der Waals surface area contributed by atoms with Crippen LogP contribution in [0.25, 0.3) is 0 Å². The van der Waals surface area contributed by atoms with E-state index in [0.717, 1.165) is 26.2 Å². The molecule has 2 saturated heterocycles. The molecule has 3 N–H and O–H groups in total. The highest BCUT2D eigenvalue weighted by Crippen LogP contribution is 2.17. The summed E-state index contributed by atoms with van der Waals surface area (Å²) in [5, 5.41) is 3.29. The summed E-state index contributed by atoms with van der Waals surface area (Å²) in [4.78, 5) is 17.6. The molecule has 2 aliphatic heterocycles. The van der Waals surface area contributed by atoms with Gasteiger partial charge in [0.1, 0.15) is 0 Å². The number of likely N-dealkylation sites (tertiary alicyclic amines) is 1. The van der Waals surface area contributed by atoms with Gasteiger partial charge in [-0.05, 0) is 38.8 Å². The Morgan fingerprint density at radius 1 is 0.905 bits per heavy atom. The van der Waals surface area contributed by atoms with E-state index in [9.17, 15) is 0 Å². The van der Waals surface area contributed by atoms with E-state index in [0.29, 0.717) is 17.8 Å². The Bertz CT molecular complexity index is 453. The molecule has 0 amide bonds. The van der Waals surface area contributed by atoms with Crippen LogP contribution < -0.4 is 16.0 Å². The third kappa shape index (κ3) is 3.93. The molecule has 7 nitrogen and oxygen atoms in total. The van der Waals surface area contributed by atoms with Crippen LogP contribution in [0.4, 0.5) is 17.8 Å². The molecule has 0 aromatic carbocycles. The molecule has 2 fully saturated rings. The van der Waals surface area contributed by atoms with Crippen LogP contribution in [-0.4, -0.2) is 59.1 Å². The molecule has 116 valence electrons. The number of nitrogens with one attached hydrogen (secondary N) is 1. The van der Waals surface area contributed by atoms with Crippen LogP contribution in [0.5, 0.6) is 0 Å². The maximum absolute atomic E-state index is 5.80. The maximum Gasteiger partial charge on any atom is 0.231 e. The molecule has 1 aromatic rings. The Morgan fingerprint density at radius 2 is 1.62 bits per heavy atom. The van der Waals surface area contributed by atoms with Crippen LogP contribution in [-0.2, 0) is 0 Å². The highest BCUT2D eigenvalue weighted by atomic mass is 15.3. The molecule has 0 saturated carbocycles. The number of anilines is 3. The highest BCUT2D eigenvalue weighted by molar-refractivity contribution is 5.42. The van der Waals surface area contributed by atoms with Gasteiger partial charge in [0.05, 0.1) is 0 Å². The van der Waals surface area contributed by atoms with Crippen LogP contribution >= 0.6 is 0 Å². The Labute approximate surface area is 126 Å². The van der Waals surface area contributed by atoms with Crippen molar-refractivity contribution in [3.05, 3.63) is 0 Å². The van der Waals surface area contributed by atoms with Crippen LogP contribution in [0.2, 0.25) is 0 Å². The van der Waals surface area contributed by atoms with E-state index in [2.05, 4.69) is 30.1 Å². The lowest BCUT2D eigenvalue weighted by Gasteiger charge is -2.26. The molecule has 3 heterocycles. The van der Waals surface area contributed by atoms with Crippen molar-refractivity contribution >= 4 is 17.8 Å². The quantitative estimate of drug-likeness (QED) is 0.835. The minimum atomic E-state index is 0.298. The number of hydrogen-bond acceptors (Lipinski definition) is 7. The molecule has 2 aliphatic rings. The SMILES string of the molecule is Nc1nc(NCCN2CCCCC2)nc(N2CCCC2)n1. The molecule has 3 rings (SSSR count). The van der Waals surface area contributed by atoms with Gasteiger partial charge in [0.25, 0.3) is 0 Å². The fourth-order valence-corrected chi connectivity index (χ4v) is 3.03. The van der Waals surface area contributed by atoms with Crippen molar-refractivity contribution in [2.45, 2.75) is 32.1 Å². The van der Waals surface area contributed by atoms with E-state index in [1.807, 2.05) is 0 Å². The summed E-state index contributed by atoms with van der Waals surface area (Å²) in [6.45, 7) is 6.32. The fraction of sp³-hybridized carbons (Fsp3) is 0.786. The maximum atomic E-state index is 5.80. The van der Waals surface area contributed by atoms with Gasteiger partial charge in [0.15, 0.2) is 0 Å². The minimum absolute atomic E-state index is 0.298. The first kappa shape index (κ1) is 14.3. The van der Waals surface area contributed by atoms with Gasteiger partial charge >= 0.3 is 0 Å². The summed E-state index contributed by atoms with van der Waals surface area (Å²) in [6, 6.07) is 0. The molecule has 7 heteroatoms. The van der Waals surface area contributed by atoms with Crippen molar-refractivity contribution in [1.82, 2.24) is 19.9 Å². The predicted octanol–water partition coefficient (Wildman–Crippen LogP) is 0.952. The van der Waals surface area contributed by atoms with Crippen molar-refractivity contribution in [2.75, 3.05) is 55.2 Å². The monoisotopic (exact) mass is 291 g/mol. The highest BCUT2D eigenvalue weighted by Gasteiger charge is 2.17. The van der Waals surface area contributed by atoms with Crippen molar-refractivity contribution < 1.29 is 0 Å². The standard InChI is InChI=1S/C14H25N7/c15-12-17-13(16-6-11-20-7-2-1-3-8-20)19-14(18-12)21-9-4-5-10-21/h1-11H2,(H3,15,16,17,18,19). The van der Waals surface area contributed by atoms with Crippen LogP contribution in [0.15, 0.2) is 0 Å². The lowest BCUT2D eigenvalue weighted by molar-refractivity contribution is 0.237. The molecular weight excluding hydrogens is 266 g/mol. The van der Waals surface area contributed by atoms with E-state index in [-0.39, 0.29) is 0 Å². The molecular formula is C14H25N7. The summed E-state index contributed by atoms with van der Waals surface area (Å²) in [6.07, 6.45) is 6.40. The van der Waals surface area contributed by atoms with Crippen LogP contribution in [0, 0.1) is 0 Å². The van der Waals surface area contributed by atoms with E-state index < -0.39 is 0 Å². The van der Waals surface area contributed by atoms with Crippen molar-refractivity contribution in [1.29, 1.82) is 0 Å². The second-order valence-electron chi connectivity index (χ2n) is 5.84. The predicted molar refractivity (Wildman–Crippen MR) is 84.5 cm³/mol. The zero-order valence-electron chi connectivity index (χ0n) is 12.6. The molecule has 0 aliphatic carbocycles. The molecule has 0 spiro atoms. The number of nitrogens with zero attached hydrogens (tertiary/aromatic N) is 5. The largest absolute Gasteiger partial charge is 0.368 e. The van der Waals surface area contributed by atoms with E-state index in [4.69, 9.17) is 5.73 Å². The lowest BCUT2D eigenvalue weighted by atomic mass is 10.1. The number of piperidine rings is 1. The lowest BCUT2D eigenvalue weighted by Crippen LogP contribution is -2.34. The molecule has 0 atom stereocenters. The van der Waals surface area contributed by atoms with E-state index in [1.165, 1.54) is 45.2 Å². The first-order chi connectivity index (χ1) is 10.3. The number of hydrogen-bond donors (Lipinski definition) is 2. The van der Waals surface area contributed by atoms with Gasteiger partial charge in [-0.3, -0.25) is 0 Å². The van der Waals surface area contributed by atoms with Crippen molar-refractivity contribution in [2.24, 2.45) is 0 Å². The molecule has 0 unspecified atom stereocenters. The molecule has 21 heavy (non-hydrogen) atoms.